The number of hydrogen-bond acceptors (Lipinski definition) is 4. The van der Waals surface area contributed by atoms with Crippen LogP contribution in [0.1, 0.15) is 24.0 Å². The van der Waals surface area contributed by atoms with Crippen LogP contribution in [0, 0.1) is 0 Å². The summed E-state index contributed by atoms with van der Waals surface area (Å²) in [6.07, 6.45) is 4.42. The lowest BCUT2D eigenvalue weighted by Crippen LogP contribution is -2.61. The van der Waals surface area contributed by atoms with Gasteiger partial charge in [-0.05, 0) is 50.1 Å². The molecular weight excluding hydrogens is 278 g/mol. The maximum absolute atomic E-state index is 10.6. The molecule has 4 nitrogen and oxygen atoms in total. The first-order valence-corrected chi connectivity index (χ1v) is 8.12. The molecule has 1 saturated heterocycles. The highest BCUT2D eigenvalue weighted by Gasteiger charge is 2.62. The molecule has 4 aliphatic rings. The van der Waals surface area contributed by atoms with Gasteiger partial charge in [0.15, 0.2) is 11.5 Å². The van der Waals surface area contributed by atoms with Crippen LogP contribution >= 0.6 is 0 Å². The van der Waals surface area contributed by atoms with Gasteiger partial charge in [-0.2, -0.15) is 0 Å². The second-order valence-electron chi connectivity index (χ2n) is 7.05. The van der Waals surface area contributed by atoms with Crippen molar-refractivity contribution in [2.75, 3.05) is 20.7 Å². The van der Waals surface area contributed by atoms with Crippen molar-refractivity contribution < 1.29 is 14.6 Å². The Morgan fingerprint density at radius 2 is 2.27 bits per heavy atom. The monoisotopic (exact) mass is 299 g/mol. The first kappa shape index (κ1) is 13.0. The van der Waals surface area contributed by atoms with Gasteiger partial charge in [-0.1, -0.05) is 12.1 Å². The maximum Gasteiger partial charge on any atom is 0.166 e. The van der Waals surface area contributed by atoms with Gasteiger partial charge in [0.25, 0.3) is 0 Å². The summed E-state index contributed by atoms with van der Waals surface area (Å²) >= 11 is 0. The minimum atomic E-state index is -0.434. The van der Waals surface area contributed by atoms with Gasteiger partial charge in [0.1, 0.15) is 6.10 Å². The van der Waals surface area contributed by atoms with Crippen LogP contribution in [0.15, 0.2) is 23.8 Å². The molecule has 1 fully saturated rings. The predicted octanol–water partition coefficient (Wildman–Crippen LogP) is 1.65. The molecule has 1 aromatic carbocycles. The summed E-state index contributed by atoms with van der Waals surface area (Å²) in [6, 6.07) is 4.65. The zero-order valence-electron chi connectivity index (χ0n) is 13.0. The van der Waals surface area contributed by atoms with Gasteiger partial charge in [-0.25, -0.2) is 0 Å². The van der Waals surface area contributed by atoms with Gasteiger partial charge in [0, 0.05) is 11.6 Å². The van der Waals surface area contributed by atoms with Gasteiger partial charge in [0.05, 0.1) is 18.6 Å². The van der Waals surface area contributed by atoms with Crippen LogP contribution in [0.2, 0.25) is 0 Å². The third-order valence-electron chi connectivity index (χ3n) is 6.21. The van der Waals surface area contributed by atoms with Gasteiger partial charge < -0.3 is 14.6 Å². The Balaban J connectivity index is 1.84. The quantitative estimate of drug-likeness (QED) is 0.801. The zero-order chi connectivity index (χ0) is 15.1. The van der Waals surface area contributed by atoms with Crippen molar-refractivity contribution in [2.45, 2.75) is 42.9 Å². The van der Waals surface area contributed by atoms with E-state index in [1.807, 2.05) is 6.07 Å². The molecule has 2 aliphatic heterocycles. The van der Waals surface area contributed by atoms with E-state index >= 15 is 0 Å². The largest absolute Gasteiger partial charge is 0.493 e. The standard InChI is InChI=1S/C18H21NO3/c1-19-8-7-18-11-4-5-13(20)17(18)22-16-14(21-2)6-3-10(15(16)18)9-12(11)19/h3-4,6,12-13,17,20H,5,7-9H2,1-2H3/t12-,13-,17-,18-/m1/s1. The van der Waals surface area contributed by atoms with Crippen molar-refractivity contribution in [1.82, 2.24) is 4.90 Å². The summed E-state index contributed by atoms with van der Waals surface area (Å²) in [4.78, 5) is 2.46. The van der Waals surface area contributed by atoms with Crippen LogP contribution in [0.25, 0.3) is 0 Å². The molecule has 2 bridgehead atoms. The van der Waals surface area contributed by atoms with Crippen molar-refractivity contribution in [3.05, 3.63) is 34.9 Å². The number of hydrogen-bond donors (Lipinski definition) is 1. The summed E-state index contributed by atoms with van der Waals surface area (Å²) < 4.78 is 11.8. The van der Waals surface area contributed by atoms with Crippen LogP contribution < -0.4 is 9.47 Å². The van der Waals surface area contributed by atoms with Crippen molar-refractivity contribution >= 4 is 0 Å². The Hall–Kier alpha value is -1.52. The number of likely N-dealkylation sites (tertiary alicyclic amines) is 1. The number of methoxy groups -OCH3 is 1. The molecule has 5 rings (SSSR count). The molecule has 2 aliphatic carbocycles. The highest BCUT2D eigenvalue weighted by Crippen LogP contribution is 2.62. The zero-order valence-corrected chi connectivity index (χ0v) is 13.0. The maximum atomic E-state index is 10.6. The number of aliphatic hydroxyl groups is 1. The molecule has 4 atom stereocenters. The lowest BCUT2D eigenvalue weighted by molar-refractivity contribution is -0.0124. The van der Waals surface area contributed by atoms with Gasteiger partial charge >= 0.3 is 0 Å². The van der Waals surface area contributed by atoms with E-state index in [-0.39, 0.29) is 11.5 Å². The van der Waals surface area contributed by atoms with Gasteiger partial charge in [-0.3, -0.25) is 4.90 Å². The number of aliphatic hydroxyl groups excluding tert-OH is 1. The number of piperidine rings is 1. The molecule has 0 radical (unpaired) electrons. The van der Waals surface area contributed by atoms with E-state index in [1.54, 1.807) is 7.11 Å². The molecule has 1 N–H and O–H groups in total. The summed E-state index contributed by atoms with van der Waals surface area (Å²) in [5, 5.41) is 10.6. The van der Waals surface area contributed by atoms with Crippen LogP contribution in [-0.2, 0) is 11.8 Å². The Morgan fingerprint density at radius 1 is 1.41 bits per heavy atom. The summed E-state index contributed by atoms with van der Waals surface area (Å²) in [5.74, 6) is 1.67. The van der Waals surface area contributed by atoms with Crippen molar-refractivity contribution in [1.29, 1.82) is 0 Å². The first-order valence-electron chi connectivity index (χ1n) is 8.12. The first-order chi connectivity index (χ1) is 10.7. The lowest BCUT2D eigenvalue weighted by atomic mass is 9.56. The van der Waals surface area contributed by atoms with E-state index in [9.17, 15) is 5.11 Å². The average Bonchev–Trinajstić information content (AvgIpc) is 2.88. The summed E-state index contributed by atoms with van der Waals surface area (Å²) in [7, 11) is 3.90. The molecule has 1 spiro atoms. The molecule has 0 saturated carbocycles. The number of nitrogens with zero attached hydrogens (tertiary/aromatic N) is 1. The Kier molecular flexibility index (Phi) is 2.39. The fourth-order valence-corrected chi connectivity index (χ4v) is 5.25. The SMILES string of the molecule is COc1ccc2c3c1O[C@@H]1[C@H](O)CC=C4[C@@H](C2)N(C)CC[C@@]431. The molecular formula is C18H21NO3. The highest BCUT2D eigenvalue weighted by atomic mass is 16.5. The van der Waals surface area contributed by atoms with Gasteiger partial charge in [-0.15, -0.1) is 0 Å². The van der Waals surface area contributed by atoms with Crippen LogP contribution in [-0.4, -0.2) is 49.0 Å². The molecule has 2 heterocycles. The van der Waals surface area contributed by atoms with E-state index in [4.69, 9.17) is 9.47 Å². The van der Waals surface area contributed by atoms with E-state index in [1.165, 1.54) is 16.7 Å². The number of benzene rings is 1. The molecule has 0 aromatic heterocycles. The molecule has 116 valence electrons. The fraction of sp³-hybridized carbons (Fsp3) is 0.556. The van der Waals surface area contributed by atoms with Crippen LogP contribution in [0.5, 0.6) is 11.5 Å². The number of likely N-dealkylation sites (N-methyl/N-ethyl adjacent to an activating group) is 1. The van der Waals surface area contributed by atoms with Crippen LogP contribution in [0.3, 0.4) is 0 Å². The predicted molar refractivity (Wildman–Crippen MR) is 82.5 cm³/mol. The van der Waals surface area contributed by atoms with Crippen molar-refractivity contribution in [2.24, 2.45) is 0 Å². The second-order valence-corrected chi connectivity index (χ2v) is 7.05. The van der Waals surface area contributed by atoms with Crippen molar-refractivity contribution in [3.8, 4) is 11.5 Å². The number of rotatable bonds is 1. The summed E-state index contributed by atoms with van der Waals surface area (Å²) in [5.41, 5.74) is 4.00. The highest BCUT2D eigenvalue weighted by molar-refractivity contribution is 5.65. The normalized spacial score (nSPS) is 38.1. The third kappa shape index (κ3) is 1.28. The minimum Gasteiger partial charge on any atom is -0.493 e. The minimum absolute atomic E-state index is 0.133. The lowest BCUT2D eigenvalue weighted by Gasteiger charge is -2.54. The molecule has 22 heavy (non-hydrogen) atoms. The topological polar surface area (TPSA) is 41.9 Å². The second kappa shape index (κ2) is 4.06. The summed E-state index contributed by atoms with van der Waals surface area (Å²) in [6.45, 7) is 1.05. The van der Waals surface area contributed by atoms with E-state index in [2.05, 4.69) is 24.1 Å². The smallest absolute Gasteiger partial charge is 0.166 e. The Morgan fingerprint density at radius 3 is 3.09 bits per heavy atom. The third-order valence-corrected chi connectivity index (χ3v) is 6.21. The Labute approximate surface area is 130 Å². The van der Waals surface area contributed by atoms with E-state index in [0.29, 0.717) is 12.5 Å². The van der Waals surface area contributed by atoms with Crippen LogP contribution in [0.4, 0.5) is 0 Å². The molecule has 0 amide bonds. The molecule has 4 heteroatoms. The van der Waals surface area contributed by atoms with Gasteiger partial charge in [0.2, 0.25) is 0 Å². The average molecular weight is 299 g/mol. The van der Waals surface area contributed by atoms with E-state index in [0.717, 1.165) is 30.9 Å². The Bertz CT molecular complexity index is 698. The fourth-order valence-electron chi connectivity index (χ4n) is 5.25. The van der Waals surface area contributed by atoms with Crippen molar-refractivity contribution in [3.63, 3.8) is 0 Å². The molecule has 1 aromatic rings. The molecule has 0 unspecified atom stereocenters. The van der Waals surface area contributed by atoms with E-state index < -0.39 is 6.10 Å². The number of ether oxygens (including phenoxy) is 2.